The van der Waals surface area contributed by atoms with Crippen LogP contribution in [-0.2, 0) is 4.79 Å². The van der Waals surface area contributed by atoms with E-state index in [0.717, 1.165) is 32.6 Å². The molecule has 19 heavy (non-hydrogen) atoms. The monoisotopic (exact) mass is 267 g/mol. The van der Waals surface area contributed by atoms with Crippen molar-refractivity contribution in [2.75, 3.05) is 26.2 Å². The Bertz CT molecular complexity index is 215. The first-order chi connectivity index (χ1) is 9.38. The lowest BCUT2D eigenvalue weighted by Gasteiger charge is -2.31. The minimum absolute atomic E-state index is 0.0437. The summed E-state index contributed by atoms with van der Waals surface area (Å²) in [6, 6.07) is 0.0437. The Morgan fingerprint density at radius 2 is 1.58 bits per heavy atom. The zero-order chi connectivity index (χ0) is 13.8. The smallest absolute Gasteiger partial charge is 0.217 e. The van der Waals surface area contributed by atoms with Gasteiger partial charge in [0.1, 0.15) is 0 Å². The highest BCUT2D eigenvalue weighted by atomic mass is 16.1. The average Bonchev–Trinajstić information content (AvgIpc) is 2.47. The van der Waals surface area contributed by atoms with Gasteiger partial charge in [-0.1, -0.05) is 58.3 Å². The van der Waals surface area contributed by atoms with E-state index >= 15 is 0 Å². The van der Waals surface area contributed by atoms with Gasteiger partial charge in [0, 0.05) is 26.2 Å². The molecule has 1 saturated heterocycles. The molecule has 1 rings (SSSR count). The third-order valence-corrected chi connectivity index (χ3v) is 4.06. The SMILES string of the molecule is CCCCCCCCCCC([C]=O)N1CCNCC1. The van der Waals surface area contributed by atoms with Crippen molar-refractivity contribution in [3.63, 3.8) is 0 Å². The third kappa shape index (κ3) is 7.68. The molecule has 1 radical (unpaired) electrons. The van der Waals surface area contributed by atoms with Gasteiger partial charge in [0.15, 0.2) is 0 Å². The van der Waals surface area contributed by atoms with Gasteiger partial charge < -0.3 is 5.32 Å². The molecular formula is C16H31N2O. The van der Waals surface area contributed by atoms with Crippen molar-refractivity contribution in [2.24, 2.45) is 0 Å². The van der Waals surface area contributed by atoms with Crippen LogP contribution in [0.1, 0.15) is 64.7 Å². The Kier molecular flexibility index (Phi) is 10.0. The van der Waals surface area contributed by atoms with Crippen molar-refractivity contribution in [3.8, 4) is 0 Å². The Balaban J connectivity index is 1.98. The Morgan fingerprint density at radius 3 is 2.16 bits per heavy atom. The highest BCUT2D eigenvalue weighted by molar-refractivity contribution is 5.58. The summed E-state index contributed by atoms with van der Waals surface area (Å²) in [6.45, 7) is 6.27. The highest BCUT2D eigenvalue weighted by Gasteiger charge is 2.19. The quantitative estimate of drug-likeness (QED) is 0.584. The second-order valence-electron chi connectivity index (χ2n) is 5.68. The van der Waals surface area contributed by atoms with Gasteiger partial charge in [0.2, 0.25) is 6.29 Å². The van der Waals surface area contributed by atoms with Gasteiger partial charge in [-0.25, -0.2) is 0 Å². The summed E-state index contributed by atoms with van der Waals surface area (Å²) in [7, 11) is 0. The second-order valence-corrected chi connectivity index (χ2v) is 5.68. The van der Waals surface area contributed by atoms with E-state index in [1.165, 1.54) is 51.4 Å². The van der Waals surface area contributed by atoms with Crippen LogP contribution < -0.4 is 5.32 Å². The van der Waals surface area contributed by atoms with Crippen molar-refractivity contribution in [1.82, 2.24) is 10.2 Å². The number of piperazine rings is 1. The third-order valence-electron chi connectivity index (χ3n) is 4.06. The van der Waals surface area contributed by atoms with Gasteiger partial charge in [-0.05, 0) is 6.42 Å². The first-order valence-corrected chi connectivity index (χ1v) is 8.21. The van der Waals surface area contributed by atoms with Crippen molar-refractivity contribution in [3.05, 3.63) is 0 Å². The number of nitrogens with one attached hydrogen (secondary N) is 1. The van der Waals surface area contributed by atoms with Gasteiger partial charge in [-0.2, -0.15) is 0 Å². The molecule has 0 aromatic carbocycles. The zero-order valence-corrected chi connectivity index (χ0v) is 12.6. The molecular weight excluding hydrogens is 236 g/mol. The van der Waals surface area contributed by atoms with Crippen molar-refractivity contribution < 1.29 is 4.79 Å². The molecule has 1 fully saturated rings. The summed E-state index contributed by atoms with van der Waals surface area (Å²) in [6.07, 6.45) is 13.9. The van der Waals surface area contributed by atoms with Crippen LogP contribution in [0.3, 0.4) is 0 Å². The zero-order valence-electron chi connectivity index (χ0n) is 12.6. The molecule has 111 valence electrons. The Labute approximate surface area is 119 Å². The van der Waals surface area contributed by atoms with Crippen molar-refractivity contribution >= 4 is 6.29 Å². The van der Waals surface area contributed by atoms with Gasteiger partial charge in [-0.15, -0.1) is 0 Å². The molecule has 1 aliphatic rings. The molecule has 3 nitrogen and oxygen atoms in total. The maximum atomic E-state index is 11.1. The van der Waals surface area contributed by atoms with Gasteiger partial charge >= 0.3 is 0 Å². The standard InChI is InChI=1S/C16H31N2O/c1-2-3-4-5-6-7-8-9-10-16(15-19)18-13-11-17-12-14-18/h16-17H,2-14H2,1H3. The Hall–Kier alpha value is -0.410. The van der Waals surface area contributed by atoms with E-state index in [9.17, 15) is 4.79 Å². The van der Waals surface area contributed by atoms with E-state index in [1.807, 2.05) is 0 Å². The summed E-state index contributed by atoms with van der Waals surface area (Å²) < 4.78 is 0. The maximum Gasteiger partial charge on any atom is 0.217 e. The molecule has 0 spiro atoms. The topological polar surface area (TPSA) is 32.3 Å². The van der Waals surface area contributed by atoms with Crippen LogP contribution in [0.2, 0.25) is 0 Å². The molecule has 1 heterocycles. The molecule has 1 aliphatic heterocycles. The van der Waals surface area contributed by atoms with E-state index < -0.39 is 0 Å². The largest absolute Gasteiger partial charge is 0.314 e. The van der Waals surface area contributed by atoms with E-state index in [2.05, 4.69) is 23.4 Å². The van der Waals surface area contributed by atoms with Crippen LogP contribution in [-0.4, -0.2) is 43.4 Å². The van der Waals surface area contributed by atoms with Crippen LogP contribution in [0.4, 0.5) is 0 Å². The van der Waals surface area contributed by atoms with E-state index in [1.54, 1.807) is 0 Å². The fraction of sp³-hybridized carbons (Fsp3) is 0.938. The van der Waals surface area contributed by atoms with Crippen LogP contribution in [0, 0.1) is 0 Å². The molecule has 1 unspecified atom stereocenters. The summed E-state index contributed by atoms with van der Waals surface area (Å²) >= 11 is 0. The molecule has 1 N–H and O–H groups in total. The normalized spacial score (nSPS) is 18.4. The summed E-state index contributed by atoms with van der Waals surface area (Å²) in [5.41, 5.74) is 0. The molecule has 0 saturated carbocycles. The minimum Gasteiger partial charge on any atom is -0.314 e. The first kappa shape index (κ1) is 16.6. The van der Waals surface area contributed by atoms with E-state index in [0.29, 0.717) is 0 Å². The fourth-order valence-electron chi connectivity index (χ4n) is 2.78. The number of hydrogen-bond acceptors (Lipinski definition) is 3. The van der Waals surface area contributed by atoms with Crippen LogP contribution in [0.25, 0.3) is 0 Å². The second kappa shape index (κ2) is 11.4. The molecule has 0 bridgehead atoms. The lowest BCUT2D eigenvalue weighted by atomic mass is 10.0. The van der Waals surface area contributed by atoms with E-state index in [-0.39, 0.29) is 6.04 Å². The summed E-state index contributed by atoms with van der Waals surface area (Å²) in [5.74, 6) is 0. The molecule has 0 aromatic rings. The predicted molar refractivity (Wildman–Crippen MR) is 81.2 cm³/mol. The molecule has 0 amide bonds. The molecule has 0 aliphatic carbocycles. The summed E-state index contributed by atoms with van der Waals surface area (Å²) in [5, 5.41) is 3.32. The number of hydrogen-bond donors (Lipinski definition) is 1. The number of rotatable bonds is 11. The maximum absolute atomic E-state index is 11.1. The molecule has 1 atom stereocenters. The van der Waals surface area contributed by atoms with Gasteiger partial charge in [0.05, 0.1) is 6.04 Å². The molecule has 0 aromatic heterocycles. The summed E-state index contributed by atoms with van der Waals surface area (Å²) in [4.78, 5) is 13.3. The lowest BCUT2D eigenvalue weighted by molar-refractivity contribution is 0.199. The Morgan fingerprint density at radius 1 is 1.00 bits per heavy atom. The number of nitrogens with zero attached hydrogens (tertiary/aromatic N) is 1. The number of carbonyl (C=O) groups excluding carboxylic acids is 1. The van der Waals surface area contributed by atoms with Crippen LogP contribution in [0.5, 0.6) is 0 Å². The first-order valence-electron chi connectivity index (χ1n) is 8.21. The highest BCUT2D eigenvalue weighted by Crippen LogP contribution is 2.12. The minimum atomic E-state index is 0.0437. The van der Waals surface area contributed by atoms with Crippen molar-refractivity contribution in [2.45, 2.75) is 70.8 Å². The van der Waals surface area contributed by atoms with Gasteiger partial charge in [-0.3, -0.25) is 9.69 Å². The van der Waals surface area contributed by atoms with Crippen LogP contribution in [0.15, 0.2) is 0 Å². The van der Waals surface area contributed by atoms with Crippen LogP contribution >= 0.6 is 0 Å². The fourth-order valence-corrected chi connectivity index (χ4v) is 2.78. The predicted octanol–water partition coefficient (Wildman–Crippen LogP) is 2.90. The van der Waals surface area contributed by atoms with Gasteiger partial charge in [0.25, 0.3) is 0 Å². The van der Waals surface area contributed by atoms with Crippen molar-refractivity contribution in [1.29, 1.82) is 0 Å². The number of unbranched alkanes of at least 4 members (excludes halogenated alkanes) is 7. The molecule has 3 heteroatoms. The average molecular weight is 267 g/mol. The lowest BCUT2D eigenvalue weighted by Crippen LogP contribution is -2.49. The van der Waals surface area contributed by atoms with E-state index in [4.69, 9.17) is 0 Å².